The van der Waals surface area contributed by atoms with E-state index in [0.29, 0.717) is 5.02 Å². The molecular weight excluding hydrogens is 302 g/mol. The molecule has 0 fully saturated rings. The van der Waals surface area contributed by atoms with Crippen LogP contribution in [0.2, 0.25) is 5.02 Å². The van der Waals surface area contributed by atoms with E-state index < -0.39 is 22.6 Å². The van der Waals surface area contributed by atoms with Crippen LogP contribution in [0, 0.1) is 21.7 Å². The number of hydrogen-bond acceptors (Lipinski definition) is 3. The minimum atomic E-state index is -0.723. The SMILES string of the molecule is CC(Nc1cc(Cl)ccc1[N+](=O)[O-])c1ccc(F)cc1F. The van der Waals surface area contributed by atoms with Crippen molar-refractivity contribution in [1.82, 2.24) is 0 Å². The molecule has 4 nitrogen and oxygen atoms in total. The molecule has 2 aromatic carbocycles. The number of anilines is 1. The highest BCUT2D eigenvalue weighted by atomic mass is 35.5. The topological polar surface area (TPSA) is 55.2 Å². The zero-order valence-corrected chi connectivity index (χ0v) is 11.7. The standard InChI is InChI=1S/C14H11ClF2N2O2/c1-8(11-4-3-10(16)7-12(11)17)18-13-6-9(15)2-5-14(13)19(20)21/h2-8,18H,1H3. The lowest BCUT2D eigenvalue weighted by molar-refractivity contribution is -0.384. The summed E-state index contributed by atoms with van der Waals surface area (Å²) >= 11 is 5.82. The van der Waals surface area contributed by atoms with Gasteiger partial charge in [0.15, 0.2) is 0 Å². The zero-order chi connectivity index (χ0) is 15.6. The van der Waals surface area contributed by atoms with Gasteiger partial charge in [0.1, 0.15) is 17.3 Å². The minimum Gasteiger partial charge on any atom is -0.373 e. The van der Waals surface area contributed by atoms with E-state index in [0.717, 1.165) is 12.1 Å². The smallest absolute Gasteiger partial charge is 0.292 e. The van der Waals surface area contributed by atoms with Gasteiger partial charge in [0.25, 0.3) is 5.69 Å². The minimum absolute atomic E-state index is 0.170. The summed E-state index contributed by atoms with van der Waals surface area (Å²) in [6, 6.07) is 6.63. The fraction of sp³-hybridized carbons (Fsp3) is 0.143. The van der Waals surface area contributed by atoms with Crippen molar-refractivity contribution in [2.45, 2.75) is 13.0 Å². The molecule has 0 radical (unpaired) electrons. The monoisotopic (exact) mass is 312 g/mol. The Labute approximate surface area is 124 Å². The highest BCUT2D eigenvalue weighted by Crippen LogP contribution is 2.31. The van der Waals surface area contributed by atoms with Crippen molar-refractivity contribution in [2.75, 3.05) is 5.32 Å². The Kier molecular flexibility index (Phi) is 4.37. The first-order valence-corrected chi connectivity index (χ1v) is 6.41. The van der Waals surface area contributed by atoms with Crippen LogP contribution in [0.15, 0.2) is 36.4 Å². The second-order valence-electron chi connectivity index (χ2n) is 4.45. The van der Waals surface area contributed by atoms with Crippen molar-refractivity contribution in [3.8, 4) is 0 Å². The largest absolute Gasteiger partial charge is 0.373 e. The third-order valence-electron chi connectivity index (χ3n) is 2.96. The molecule has 0 heterocycles. The van der Waals surface area contributed by atoms with E-state index in [4.69, 9.17) is 11.6 Å². The lowest BCUT2D eigenvalue weighted by Gasteiger charge is -2.16. The summed E-state index contributed by atoms with van der Waals surface area (Å²) < 4.78 is 26.6. The molecular formula is C14H11ClF2N2O2. The Bertz CT molecular complexity index is 695. The van der Waals surface area contributed by atoms with Gasteiger partial charge in [0, 0.05) is 22.7 Å². The zero-order valence-electron chi connectivity index (χ0n) is 10.9. The van der Waals surface area contributed by atoms with Crippen LogP contribution in [0.4, 0.5) is 20.2 Å². The van der Waals surface area contributed by atoms with E-state index in [1.54, 1.807) is 6.92 Å². The summed E-state index contributed by atoms with van der Waals surface area (Å²) in [5.41, 5.74) is 0.197. The molecule has 0 aliphatic rings. The average molecular weight is 313 g/mol. The maximum atomic E-state index is 13.7. The molecule has 1 unspecified atom stereocenters. The molecule has 0 bridgehead atoms. The number of rotatable bonds is 4. The van der Waals surface area contributed by atoms with Crippen LogP contribution in [-0.4, -0.2) is 4.92 Å². The molecule has 0 aliphatic carbocycles. The molecule has 1 N–H and O–H groups in total. The van der Waals surface area contributed by atoms with Crippen LogP contribution in [0.3, 0.4) is 0 Å². The molecule has 0 aliphatic heterocycles. The number of benzene rings is 2. The van der Waals surface area contributed by atoms with Crippen molar-refractivity contribution < 1.29 is 13.7 Å². The quantitative estimate of drug-likeness (QED) is 0.657. The number of halogens is 3. The van der Waals surface area contributed by atoms with Gasteiger partial charge >= 0.3 is 0 Å². The van der Waals surface area contributed by atoms with Gasteiger partial charge < -0.3 is 5.32 Å². The average Bonchev–Trinajstić information content (AvgIpc) is 2.37. The predicted molar refractivity (Wildman–Crippen MR) is 76.5 cm³/mol. The molecule has 110 valence electrons. The fourth-order valence-corrected chi connectivity index (χ4v) is 2.12. The van der Waals surface area contributed by atoms with E-state index in [1.165, 1.54) is 24.3 Å². The summed E-state index contributed by atoms with van der Waals surface area (Å²) in [5.74, 6) is -1.41. The highest BCUT2D eigenvalue weighted by molar-refractivity contribution is 6.31. The molecule has 2 rings (SSSR count). The number of nitro groups is 1. The van der Waals surface area contributed by atoms with E-state index in [-0.39, 0.29) is 16.9 Å². The van der Waals surface area contributed by atoms with Crippen LogP contribution in [-0.2, 0) is 0 Å². The van der Waals surface area contributed by atoms with Gasteiger partial charge in [0.05, 0.1) is 11.0 Å². The summed E-state index contributed by atoms with van der Waals surface area (Å²) in [6.45, 7) is 1.61. The summed E-state index contributed by atoms with van der Waals surface area (Å²) in [5, 5.41) is 14.1. The highest BCUT2D eigenvalue weighted by Gasteiger charge is 2.18. The van der Waals surface area contributed by atoms with Crippen LogP contribution in [0.5, 0.6) is 0 Å². The molecule has 21 heavy (non-hydrogen) atoms. The molecule has 0 aromatic heterocycles. The van der Waals surface area contributed by atoms with E-state index >= 15 is 0 Å². The van der Waals surface area contributed by atoms with Crippen molar-refractivity contribution >= 4 is 23.0 Å². The second-order valence-corrected chi connectivity index (χ2v) is 4.89. The van der Waals surface area contributed by atoms with Crippen molar-refractivity contribution in [2.24, 2.45) is 0 Å². The van der Waals surface area contributed by atoms with E-state index in [2.05, 4.69) is 5.32 Å². The van der Waals surface area contributed by atoms with Crippen LogP contribution < -0.4 is 5.32 Å². The van der Waals surface area contributed by atoms with Gasteiger partial charge in [-0.1, -0.05) is 17.7 Å². The first-order valence-electron chi connectivity index (χ1n) is 6.04. The van der Waals surface area contributed by atoms with Gasteiger partial charge in [-0.3, -0.25) is 10.1 Å². The van der Waals surface area contributed by atoms with Crippen LogP contribution >= 0.6 is 11.6 Å². The van der Waals surface area contributed by atoms with Gasteiger partial charge in [-0.25, -0.2) is 8.78 Å². The first kappa shape index (κ1) is 15.2. The number of nitrogens with one attached hydrogen (secondary N) is 1. The summed E-state index contributed by atoms with van der Waals surface area (Å²) in [7, 11) is 0. The third kappa shape index (κ3) is 3.46. The number of hydrogen-bond donors (Lipinski definition) is 1. The Hall–Kier alpha value is -2.21. The maximum absolute atomic E-state index is 13.7. The molecule has 0 saturated carbocycles. The third-order valence-corrected chi connectivity index (χ3v) is 3.19. The second kappa shape index (κ2) is 6.05. The molecule has 0 spiro atoms. The van der Waals surface area contributed by atoms with Crippen molar-refractivity contribution in [1.29, 1.82) is 0 Å². The lowest BCUT2D eigenvalue weighted by atomic mass is 10.1. The van der Waals surface area contributed by atoms with Gasteiger partial charge in [-0.15, -0.1) is 0 Å². The molecule has 0 amide bonds. The van der Waals surface area contributed by atoms with Crippen molar-refractivity contribution in [3.63, 3.8) is 0 Å². The number of nitrogens with zero attached hydrogens (tertiary/aromatic N) is 1. The Morgan fingerprint density at radius 2 is 1.95 bits per heavy atom. The molecule has 2 aromatic rings. The van der Waals surface area contributed by atoms with Crippen LogP contribution in [0.25, 0.3) is 0 Å². The lowest BCUT2D eigenvalue weighted by Crippen LogP contribution is -2.10. The summed E-state index contributed by atoms with van der Waals surface area (Å²) in [4.78, 5) is 10.4. The first-order chi connectivity index (χ1) is 9.88. The Balaban J connectivity index is 2.33. The fourth-order valence-electron chi connectivity index (χ4n) is 1.95. The Morgan fingerprint density at radius 1 is 1.24 bits per heavy atom. The van der Waals surface area contributed by atoms with Gasteiger partial charge in [-0.05, 0) is 25.1 Å². The van der Waals surface area contributed by atoms with Crippen LogP contribution in [0.1, 0.15) is 18.5 Å². The summed E-state index contributed by atoms with van der Waals surface area (Å²) in [6.07, 6.45) is 0. The number of nitro benzene ring substituents is 1. The van der Waals surface area contributed by atoms with E-state index in [9.17, 15) is 18.9 Å². The van der Waals surface area contributed by atoms with Gasteiger partial charge in [-0.2, -0.15) is 0 Å². The Morgan fingerprint density at radius 3 is 2.57 bits per heavy atom. The maximum Gasteiger partial charge on any atom is 0.292 e. The van der Waals surface area contributed by atoms with E-state index in [1.807, 2.05) is 0 Å². The van der Waals surface area contributed by atoms with Crippen molar-refractivity contribution in [3.05, 3.63) is 68.7 Å². The normalized spacial score (nSPS) is 12.0. The molecule has 7 heteroatoms. The van der Waals surface area contributed by atoms with Gasteiger partial charge in [0.2, 0.25) is 0 Å². The predicted octanol–water partition coefficient (Wildman–Crippen LogP) is 4.70. The molecule has 1 atom stereocenters. The molecule has 0 saturated heterocycles.